The van der Waals surface area contributed by atoms with Crippen LogP contribution in [-0.2, 0) is 38.8 Å². The molecule has 5 rings (SSSR count). The van der Waals surface area contributed by atoms with Crippen LogP contribution in [0.4, 0.5) is 0 Å². The van der Waals surface area contributed by atoms with Gasteiger partial charge in [-0.15, -0.1) is 21.5 Å². The molecule has 0 aliphatic carbocycles. The molecule has 5 aromatic rings. The zero-order chi connectivity index (χ0) is 26.9. The maximum atomic E-state index is 13.7. The minimum Gasteiger partial charge on any atom is -0.423 e. The lowest BCUT2D eigenvalue weighted by Crippen LogP contribution is -2.30. The summed E-state index contributed by atoms with van der Waals surface area (Å²) in [6.45, 7) is 1.68. The van der Waals surface area contributed by atoms with Gasteiger partial charge in [0.1, 0.15) is 10.5 Å². The molecule has 10 nitrogen and oxygen atoms in total. The van der Waals surface area contributed by atoms with Crippen molar-refractivity contribution in [3.05, 3.63) is 94.6 Å². The highest BCUT2D eigenvalue weighted by Crippen LogP contribution is 2.35. The fourth-order valence-electron chi connectivity index (χ4n) is 3.98. The van der Waals surface area contributed by atoms with Gasteiger partial charge in [0.15, 0.2) is 9.84 Å². The molecule has 0 amide bonds. The number of benzene rings is 3. The third kappa shape index (κ3) is 6.14. The number of sulfone groups is 1. The highest BCUT2D eigenvalue weighted by molar-refractivity contribution is 7.91. The third-order valence-electron chi connectivity index (χ3n) is 5.62. The van der Waals surface area contributed by atoms with E-state index < -0.39 is 20.0 Å². The number of fused-ring (bicyclic) bond motifs is 1. The first-order valence-corrected chi connectivity index (χ1v) is 15.4. The van der Waals surface area contributed by atoms with Crippen molar-refractivity contribution < 1.29 is 21.3 Å². The summed E-state index contributed by atoms with van der Waals surface area (Å²) in [7, 11) is -7.65. The van der Waals surface area contributed by atoms with Crippen molar-refractivity contribution >= 4 is 41.6 Å². The van der Waals surface area contributed by atoms with Gasteiger partial charge in [-0.1, -0.05) is 60.2 Å². The first-order chi connectivity index (χ1) is 18.1. The molecule has 0 bridgehead atoms. The molecular formula is C25H23N5O5S3. The maximum absolute atomic E-state index is 13.7. The van der Waals surface area contributed by atoms with Gasteiger partial charge in [-0.05, 0) is 35.7 Å². The van der Waals surface area contributed by atoms with Gasteiger partial charge >= 0.3 is 0 Å². The Morgan fingerprint density at radius 1 is 0.921 bits per heavy atom. The number of aromatic nitrogens is 3. The van der Waals surface area contributed by atoms with E-state index in [1.54, 1.807) is 12.1 Å². The van der Waals surface area contributed by atoms with Gasteiger partial charge < -0.3 is 4.42 Å². The second-order valence-corrected chi connectivity index (χ2v) is 13.1. The van der Waals surface area contributed by atoms with Crippen molar-refractivity contribution in [3.8, 4) is 11.1 Å². The zero-order valence-corrected chi connectivity index (χ0v) is 22.6. The Hall–Kier alpha value is -3.49. The van der Waals surface area contributed by atoms with Crippen molar-refractivity contribution in [2.45, 2.75) is 30.5 Å². The fourth-order valence-corrected chi connectivity index (χ4v) is 6.92. The van der Waals surface area contributed by atoms with Gasteiger partial charge in [0, 0.05) is 0 Å². The summed E-state index contributed by atoms with van der Waals surface area (Å²) in [5, 5.41) is 13.3. The summed E-state index contributed by atoms with van der Waals surface area (Å²) in [4.78, 5) is 4.80. The number of nitrogens with two attached hydrogens (primary N) is 1. The lowest BCUT2D eigenvalue weighted by Gasteiger charge is -2.09. The summed E-state index contributed by atoms with van der Waals surface area (Å²) in [6, 6.07) is 20.6. The Morgan fingerprint density at radius 3 is 2.42 bits per heavy atom. The first-order valence-electron chi connectivity index (χ1n) is 11.4. The summed E-state index contributed by atoms with van der Waals surface area (Å²) >= 11 is 1.33. The predicted octanol–water partition coefficient (Wildman–Crippen LogP) is 3.51. The lowest BCUT2D eigenvalue weighted by atomic mass is 10.1. The number of nitrogens with zero attached hydrogens (tertiary/aromatic N) is 3. The number of hydrogen-bond donors (Lipinski definition) is 2. The van der Waals surface area contributed by atoms with Crippen LogP contribution < -0.4 is 9.86 Å². The van der Waals surface area contributed by atoms with E-state index in [0.717, 1.165) is 16.7 Å². The molecule has 2 heterocycles. The Morgan fingerprint density at radius 2 is 1.68 bits per heavy atom. The number of thiazole rings is 1. The molecule has 38 heavy (non-hydrogen) atoms. The van der Waals surface area contributed by atoms with Gasteiger partial charge in [0.2, 0.25) is 11.8 Å². The Kier molecular flexibility index (Phi) is 7.11. The Labute approximate surface area is 223 Å². The molecule has 0 aliphatic heterocycles. The highest BCUT2D eigenvalue weighted by Gasteiger charge is 2.23. The molecular weight excluding hydrogens is 547 g/mol. The molecule has 196 valence electrons. The predicted molar refractivity (Wildman–Crippen MR) is 144 cm³/mol. The Bertz CT molecular complexity index is 1830. The third-order valence-corrected chi connectivity index (χ3v) is 8.87. The van der Waals surface area contributed by atoms with Gasteiger partial charge in [-0.2, -0.15) is 13.1 Å². The smallest absolute Gasteiger partial charge is 0.274 e. The standard InChI is InChI=1S/C25H23N5O5S3/c1-16-6-5-7-17(10-16)15-37(31,32)21-12-19(18-8-3-2-4-9-18)11-20-25(21)28-24(36-20)13-22-29-30-23(35-22)14-27-38(26,33)34/h2-12,27H,13-15H2,1H3,(H2,26,33,34). The summed E-state index contributed by atoms with van der Waals surface area (Å²) < 4.78 is 57.9. The summed E-state index contributed by atoms with van der Waals surface area (Å²) in [5.74, 6) is 0.101. The topological polar surface area (TPSA) is 158 Å². The summed E-state index contributed by atoms with van der Waals surface area (Å²) in [6.07, 6.45) is 0.153. The van der Waals surface area contributed by atoms with E-state index in [1.807, 2.05) is 61.5 Å². The molecule has 0 atom stereocenters. The summed E-state index contributed by atoms with van der Waals surface area (Å²) in [5.41, 5.74) is 3.72. The normalized spacial score (nSPS) is 12.3. The van der Waals surface area contributed by atoms with E-state index in [-0.39, 0.29) is 35.4 Å². The second-order valence-electron chi connectivity index (χ2n) is 8.68. The van der Waals surface area contributed by atoms with Gasteiger partial charge in [-0.25, -0.2) is 18.5 Å². The van der Waals surface area contributed by atoms with E-state index in [4.69, 9.17) is 9.56 Å². The number of nitrogens with one attached hydrogen (secondary N) is 1. The molecule has 3 N–H and O–H groups in total. The van der Waals surface area contributed by atoms with Crippen molar-refractivity contribution in [1.29, 1.82) is 0 Å². The molecule has 3 aromatic carbocycles. The van der Waals surface area contributed by atoms with Crippen LogP contribution in [0.15, 0.2) is 76.0 Å². The van der Waals surface area contributed by atoms with Crippen LogP contribution in [0.25, 0.3) is 21.3 Å². The molecule has 0 unspecified atom stereocenters. The van der Waals surface area contributed by atoms with E-state index >= 15 is 0 Å². The van der Waals surface area contributed by atoms with E-state index in [9.17, 15) is 16.8 Å². The van der Waals surface area contributed by atoms with Crippen molar-refractivity contribution in [2.75, 3.05) is 0 Å². The van der Waals surface area contributed by atoms with Crippen LogP contribution in [0.2, 0.25) is 0 Å². The first kappa shape index (κ1) is 26.1. The van der Waals surface area contributed by atoms with Crippen LogP contribution in [-0.4, -0.2) is 32.0 Å². The molecule has 0 fully saturated rings. The van der Waals surface area contributed by atoms with Gasteiger partial charge in [0.05, 0.1) is 28.3 Å². The van der Waals surface area contributed by atoms with Crippen LogP contribution in [0.1, 0.15) is 27.9 Å². The van der Waals surface area contributed by atoms with Crippen molar-refractivity contribution in [3.63, 3.8) is 0 Å². The molecule has 0 radical (unpaired) electrons. The largest absolute Gasteiger partial charge is 0.423 e. The maximum Gasteiger partial charge on any atom is 0.274 e. The minimum atomic E-state index is -3.91. The highest BCUT2D eigenvalue weighted by atomic mass is 32.2. The molecule has 0 aliphatic rings. The minimum absolute atomic E-state index is 0.0444. The van der Waals surface area contributed by atoms with Gasteiger partial charge in [-0.3, -0.25) is 0 Å². The number of aryl methyl sites for hydroxylation is 1. The Balaban J connectivity index is 1.53. The van der Waals surface area contributed by atoms with E-state index in [1.165, 1.54) is 11.3 Å². The molecule has 0 spiro atoms. The average molecular weight is 570 g/mol. The average Bonchev–Trinajstić information content (AvgIpc) is 3.48. The molecule has 0 saturated heterocycles. The lowest BCUT2D eigenvalue weighted by molar-refractivity contribution is 0.451. The zero-order valence-electron chi connectivity index (χ0n) is 20.2. The number of rotatable bonds is 9. The van der Waals surface area contributed by atoms with Crippen LogP contribution in [0, 0.1) is 6.92 Å². The van der Waals surface area contributed by atoms with Crippen molar-refractivity contribution in [1.82, 2.24) is 19.9 Å². The molecule has 2 aromatic heterocycles. The van der Waals surface area contributed by atoms with Crippen LogP contribution in [0.3, 0.4) is 0 Å². The van der Waals surface area contributed by atoms with E-state index in [0.29, 0.717) is 20.8 Å². The molecule has 0 saturated carbocycles. The monoisotopic (exact) mass is 569 g/mol. The van der Waals surface area contributed by atoms with Crippen LogP contribution >= 0.6 is 11.3 Å². The quantitative estimate of drug-likeness (QED) is 0.273. The van der Waals surface area contributed by atoms with Crippen LogP contribution in [0.5, 0.6) is 0 Å². The fraction of sp³-hybridized carbons (Fsp3) is 0.160. The SMILES string of the molecule is Cc1cccc(CS(=O)(=O)c2cc(-c3ccccc3)cc3sc(Cc4nnc(CNS(N)(=O)=O)o4)nc23)c1. The van der Waals surface area contributed by atoms with Crippen molar-refractivity contribution in [2.24, 2.45) is 5.14 Å². The van der Waals surface area contributed by atoms with E-state index in [2.05, 4.69) is 19.9 Å². The number of hydrogen-bond acceptors (Lipinski definition) is 9. The molecule has 13 heteroatoms. The van der Waals surface area contributed by atoms with Gasteiger partial charge in [0.25, 0.3) is 10.2 Å². The second kappa shape index (κ2) is 10.3.